The van der Waals surface area contributed by atoms with Gasteiger partial charge in [0.15, 0.2) is 5.65 Å². The van der Waals surface area contributed by atoms with Crippen molar-refractivity contribution < 1.29 is 9.18 Å². The van der Waals surface area contributed by atoms with E-state index in [1.165, 1.54) is 24.3 Å². The molecule has 3 heterocycles. The zero-order valence-corrected chi connectivity index (χ0v) is 16.5. The van der Waals surface area contributed by atoms with Crippen molar-refractivity contribution in [3.63, 3.8) is 0 Å². The topological polar surface area (TPSA) is 77.1 Å². The second-order valence-electron chi connectivity index (χ2n) is 7.11. The molecular weight excluding hydrogens is 395 g/mol. The normalized spacial score (nSPS) is 11.0. The van der Waals surface area contributed by atoms with Crippen LogP contribution >= 0.6 is 0 Å². The number of hydrogen-bond acceptors (Lipinski definition) is 4. The molecule has 0 spiro atoms. The number of anilines is 1. The Morgan fingerprint density at radius 2 is 1.77 bits per heavy atom. The van der Waals surface area contributed by atoms with Gasteiger partial charge in [0.2, 0.25) is 0 Å². The van der Waals surface area contributed by atoms with Gasteiger partial charge in [-0.15, -0.1) is 0 Å². The molecule has 3 aromatic heterocycles. The Bertz CT molecular complexity index is 1400. The Morgan fingerprint density at radius 1 is 0.968 bits per heavy atom. The summed E-state index contributed by atoms with van der Waals surface area (Å²) in [6.45, 7) is 1.97. The highest BCUT2D eigenvalue weighted by atomic mass is 19.1. The minimum atomic E-state index is -0.384. The van der Waals surface area contributed by atoms with Gasteiger partial charge in [-0.2, -0.15) is 10.2 Å². The number of rotatable bonds is 4. The average Bonchev–Trinajstić information content (AvgIpc) is 3.44. The van der Waals surface area contributed by atoms with E-state index in [1.807, 2.05) is 43.6 Å². The Balaban J connectivity index is 1.42. The van der Waals surface area contributed by atoms with Crippen LogP contribution in [0.25, 0.3) is 22.5 Å². The summed E-state index contributed by atoms with van der Waals surface area (Å²) in [5, 5.41) is 11.5. The highest BCUT2D eigenvalue weighted by Gasteiger charge is 2.11. The molecular formula is C23H17FN6O. The van der Waals surface area contributed by atoms with Crippen LogP contribution in [0.4, 0.5) is 10.1 Å². The van der Waals surface area contributed by atoms with E-state index in [2.05, 4.69) is 20.5 Å². The molecule has 0 unspecified atom stereocenters. The first kappa shape index (κ1) is 18.7. The van der Waals surface area contributed by atoms with Gasteiger partial charge in [0, 0.05) is 47.0 Å². The van der Waals surface area contributed by atoms with Crippen molar-refractivity contribution >= 4 is 17.2 Å². The largest absolute Gasteiger partial charge is 0.322 e. The molecule has 152 valence electrons. The molecule has 0 bridgehead atoms. The summed E-state index contributed by atoms with van der Waals surface area (Å²) >= 11 is 0. The number of fused-ring (bicyclic) bond motifs is 1. The molecule has 5 rings (SSSR count). The molecule has 0 saturated carbocycles. The SMILES string of the molecule is Cc1ccc(NC(=O)c2ccc(F)cc2)cc1-n1cc(-c2cnc3ccnn3c2)cn1. The van der Waals surface area contributed by atoms with E-state index in [1.54, 1.807) is 27.8 Å². The van der Waals surface area contributed by atoms with Gasteiger partial charge in [0.1, 0.15) is 5.82 Å². The second kappa shape index (κ2) is 7.49. The lowest BCUT2D eigenvalue weighted by molar-refractivity contribution is 0.102. The van der Waals surface area contributed by atoms with E-state index in [0.29, 0.717) is 11.3 Å². The molecule has 0 saturated heterocycles. The molecule has 0 aliphatic rings. The zero-order chi connectivity index (χ0) is 21.4. The van der Waals surface area contributed by atoms with E-state index < -0.39 is 0 Å². The van der Waals surface area contributed by atoms with Crippen LogP contribution in [-0.4, -0.2) is 30.3 Å². The summed E-state index contributed by atoms with van der Waals surface area (Å²) in [7, 11) is 0. The lowest BCUT2D eigenvalue weighted by Crippen LogP contribution is -2.12. The van der Waals surface area contributed by atoms with E-state index in [-0.39, 0.29) is 11.7 Å². The van der Waals surface area contributed by atoms with Crippen molar-refractivity contribution in [2.24, 2.45) is 0 Å². The standard InChI is InChI=1S/C23H17FN6O/c1-15-2-7-20(28-23(31)16-3-5-19(24)6-4-16)10-21(15)29-13-18(12-27-29)17-11-25-22-8-9-26-30(22)14-17/h2-14H,1H3,(H,28,31). The highest BCUT2D eigenvalue weighted by Crippen LogP contribution is 2.23. The predicted molar refractivity (Wildman–Crippen MR) is 115 cm³/mol. The van der Waals surface area contributed by atoms with E-state index in [0.717, 1.165) is 28.0 Å². The van der Waals surface area contributed by atoms with Gasteiger partial charge in [-0.3, -0.25) is 4.79 Å². The van der Waals surface area contributed by atoms with Crippen molar-refractivity contribution in [1.82, 2.24) is 24.4 Å². The summed E-state index contributed by atoms with van der Waals surface area (Å²) in [6.07, 6.45) is 9.04. The minimum absolute atomic E-state index is 0.311. The van der Waals surface area contributed by atoms with Crippen LogP contribution in [0.5, 0.6) is 0 Å². The summed E-state index contributed by atoms with van der Waals surface area (Å²) in [5.74, 6) is -0.694. The number of carbonyl (C=O) groups is 1. The van der Waals surface area contributed by atoms with Crippen LogP contribution in [0.1, 0.15) is 15.9 Å². The minimum Gasteiger partial charge on any atom is -0.322 e. The fraction of sp³-hybridized carbons (Fsp3) is 0.0435. The number of amides is 1. The first-order chi connectivity index (χ1) is 15.1. The molecule has 0 fully saturated rings. The third-order valence-corrected chi connectivity index (χ3v) is 4.98. The molecule has 31 heavy (non-hydrogen) atoms. The molecule has 0 aliphatic heterocycles. The average molecular weight is 412 g/mol. The maximum atomic E-state index is 13.1. The van der Waals surface area contributed by atoms with Crippen LogP contribution in [-0.2, 0) is 0 Å². The molecule has 0 aliphatic carbocycles. The number of benzene rings is 2. The fourth-order valence-electron chi connectivity index (χ4n) is 3.30. The summed E-state index contributed by atoms with van der Waals surface area (Å²) in [6, 6.07) is 12.8. The number of hydrogen-bond donors (Lipinski definition) is 1. The Kier molecular flexibility index (Phi) is 4.51. The van der Waals surface area contributed by atoms with Gasteiger partial charge >= 0.3 is 0 Å². The number of aryl methyl sites for hydroxylation is 1. The molecule has 0 radical (unpaired) electrons. The van der Waals surface area contributed by atoms with Gasteiger partial charge in [-0.1, -0.05) is 6.07 Å². The van der Waals surface area contributed by atoms with Crippen LogP contribution in [0, 0.1) is 12.7 Å². The molecule has 2 aromatic carbocycles. The van der Waals surface area contributed by atoms with Crippen molar-refractivity contribution in [2.45, 2.75) is 6.92 Å². The van der Waals surface area contributed by atoms with Crippen molar-refractivity contribution in [3.05, 3.63) is 96.5 Å². The van der Waals surface area contributed by atoms with Crippen LogP contribution in [0.3, 0.4) is 0 Å². The summed E-state index contributed by atoms with van der Waals surface area (Å²) in [5.41, 5.74) is 5.38. The molecule has 7 nitrogen and oxygen atoms in total. The molecule has 8 heteroatoms. The van der Waals surface area contributed by atoms with Crippen molar-refractivity contribution in [1.29, 1.82) is 0 Å². The number of nitrogens with one attached hydrogen (secondary N) is 1. The second-order valence-corrected chi connectivity index (χ2v) is 7.11. The van der Waals surface area contributed by atoms with Gasteiger partial charge in [-0.25, -0.2) is 18.6 Å². The molecule has 0 atom stereocenters. The third-order valence-electron chi connectivity index (χ3n) is 4.98. The highest BCUT2D eigenvalue weighted by molar-refractivity contribution is 6.04. The quantitative estimate of drug-likeness (QED) is 0.478. The predicted octanol–water partition coefficient (Wildman–Crippen LogP) is 4.28. The number of nitrogens with zero attached hydrogens (tertiary/aromatic N) is 5. The molecule has 5 aromatic rings. The number of carbonyl (C=O) groups excluding carboxylic acids is 1. The lowest BCUT2D eigenvalue weighted by atomic mass is 10.1. The first-order valence-electron chi connectivity index (χ1n) is 9.59. The van der Waals surface area contributed by atoms with E-state index >= 15 is 0 Å². The Labute approximate surface area is 176 Å². The van der Waals surface area contributed by atoms with Crippen molar-refractivity contribution in [3.8, 4) is 16.8 Å². The van der Waals surface area contributed by atoms with Crippen LogP contribution in [0.2, 0.25) is 0 Å². The molecule has 1 amide bonds. The maximum Gasteiger partial charge on any atom is 0.255 e. The number of aromatic nitrogens is 5. The fourth-order valence-corrected chi connectivity index (χ4v) is 3.30. The zero-order valence-electron chi connectivity index (χ0n) is 16.5. The van der Waals surface area contributed by atoms with Crippen molar-refractivity contribution in [2.75, 3.05) is 5.32 Å². The summed E-state index contributed by atoms with van der Waals surface area (Å²) < 4.78 is 16.6. The van der Waals surface area contributed by atoms with Crippen LogP contribution < -0.4 is 5.32 Å². The Hall–Kier alpha value is -4.33. The smallest absolute Gasteiger partial charge is 0.255 e. The maximum absolute atomic E-state index is 13.1. The van der Waals surface area contributed by atoms with E-state index in [9.17, 15) is 9.18 Å². The van der Waals surface area contributed by atoms with Gasteiger partial charge in [-0.05, 0) is 48.9 Å². The van der Waals surface area contributed by atoms with Gasteiger partial charge < -0.3 is 5.32 Å². The molecule has 1 N–H and O–H groups in total. The first-order valence-corrected chi connectivity index (χ1v) is 9.59. The Morgan fingerprint density at radius 3 is 2.61 bits per heavy atom. The summed E-state index contributed by atoms with van der Waals surface area (Å²) in [4.78, 5) is 16.9. The van der Waals surface area contributed by atoms with Gasteiger partial charge in [0.25, 0.3) is 5.91 Å². The lowest BCUT2D eigenvalue weighted by Gasteiger charge is -2.10. The monoisotopic (exact) mass is 412 g/mol. The van der Waals surface area contributed by atoms with Gasteiger partial charge in [0.05, 0.1) is 18.1 Å². The van der Waals surface area contributed by atoms with Crippen LogP contribution in [0.15, 0.2) is 79.5 Å². The third kappa shape index (κ3) is 3.66. The van der Waals surface area contributed by atoms with E-state index in [4.69, 9.17) is 0 Å². The number of halogens is 1.